The Hall–Kier alpha value is -3.77. The van der Waals surface area contributed by atoms with Gasteiger partial charge in [0.1, 0.15) is 30.2 Å². The van der Waals surface area contributed by atoms with Crippen molar-refractivity contribution in [1.29, 1.82) is 5.26 Å². The van der Waals surface area contributed by atoms with Crippen molar-refractivity contribution >= 4 is 36.4 Å². The number of fused-ring (bicyclic) bond motifs is 1. The molecule has 0 spiro atoms. The van der Waals surface area contributed by atoms with Gasteiger partial charge in [-0.15, -0.1) is 0 Å². The second kappa shape index (κ2) is 9.79. The molecule has 0 saturated heterocycles. The Balaban J connectivity index is 1.65. The normalized spacial score (nSPS) is 15.5. The second-order valence-electron chi connectivity index (χ2n) is 7.79. The molecule has 9 heteroatoms. The topological polar surface area (TPSA) is 94.4 Å². The summed E-state index contributed by atoms with van der Waals surface area (Å²) in [5, 5.41) is 12.6. The minimum atomic E-state index is -0.357. The first-order chi connectivity index (χ1) is 16.0. The van der Waals surface area contributed by atoms with Crippen molar-refractivity contribution in [3.8, 4) is 11.8 Å². The van der Waals surface area contributed by atoms with Gasteiger partial charge in [0, 0.05) is 13.1 Å². The number of carbonyl (C=O) groups is 1. The number of aldehydes is 1. The highest BCUT2D eigenvalue weighted by molar-refractivity contribution is 7.81. The molecule has 1 aromatic heterocycles. The summed E-state index contributed by atoms with van der Waals surface area (Å²) >= 11 is 4.74. The Morgan fingerprint density at radius 1 is 1.24 bits per heavy atom. The molecule has 1 N–H and O–H groups in total. The first-order valence-corrected chi connectivity index (χ1v) is 10.9. The summed E-state index contributed by atoms with van der Waals surface area (Å²) in [4.78, 5) is 22.7. The second-order valence-corrected chi connectivity index (χ2v) is 8.22. The van der Waals surface area contributed by atoms with Gasteiger partial charge in [0.25, 0.3) is 0 Å². The summed E-state index contributed by atoms with van der Waals surface area (Å²) in [6.45, 7) is 2.87. The zero-order chi connectivity index (χ0) is 23.4. The van der Waals surface area contributed by atoms with Crippen molar-refractivity contribution in [3.63, 3.8) is 0 Å². The largest absolute Gasteiger partial charge is 0.497 e. The molecule has 33 heavy (non-hydrogen) atoms. The molecule has 0 aliphatic carbocycles. The molecule has 2 unspecified atom stereocenters. The summed E-state index contributed by atoms with van der Waals surface area (Å²) in [5.74, 6) is 1.76. The molecule has 0 fully saturated rings. The Morgan fingerprint density at radius 2 is 2.03 bits per heavy atom. The van der Waals surface area contributed by atoms with Gasteiger partial charge in [0.15, 0.2) is 11.6 Å². The first-order valence-electron chi connectivity index (χ1n) is 10.5. The molecule has 168 valence electrons. The summed E-state index contributed by atoms with van der Waals surface area (Å²) < 4.78 is 6.97. The van der Waals surface area contributed by atoms with Gasteiger partial charge < -0.3 is 19.7 Å². The first kappa shape index (κ1) is 22.4. The number of carbonyl (C=O) groups excluding carboxylic acids is 1. The van der Waals surface area contributed by atoms with Crippen LogP contribution in [0.5, 0.6) is 5.75 Å². The fourth-order valence-electron chi connectivity index (χ4n) is 3.92. The minimum Gasteiger partial charge on any atom is -0.497 e. The van der Waals surface area contributed by atoms with E-state index in [1.54, 1.807) is 17.5 Å². The molecule has 2 atom stereocenters. The molecule has 2 aromatic carbocycles. The van der Waals surface area contributed by atoms with Crippen LogP contribution in [0.3, 0.4) is 0 Å². The predicted octanol–water partition coefficient (Wildman–Crippen LogP) is 3.80. The molecule has 0 saturated carbocycles. The van der Waals surface area contributed by atoms with E-state index in [4.69, 9.17) is 17.6 Å². The van der Waals surface area contributed by atoms with E-state index in [0.717, 1.165) is 23.2 Å². The maximum atomic E-state index is 11.7. The summed E-state index contributed by atoms with van der Waals surface area (Å²) in [6, 6.07) is 17.4. The molecular weight excluding hydrogens is 436 g/mol. The van der Waals surface area contributed by atoms with E-state index in [0.29, 0.717) is 36.0 Å². The molecular formula is C24H24N6O2S. The highest BCUT2D eigenvalue weighted by Gasteiger charge is 2.41. The van der Waals surface area contributed by atoms with Crippen molar-refractivity contribution < 1.29 is 9.53 Å². The molecule has 0 bridgehead atoms. The summed E-state index contributed by atoms with van der Waals surface area (Å²) in [7, 11) is 1.64. The summed E-state index contributed by atoms with van der Waals surface area (Å²) in [6.07, 6.45) is 2.06. The average molecular weight is 461 g/mol. The number of benzene rings is 2. The van der Waals surface area contributed by atoms with E-state index in [1.807, 2.05) is 54.3 Å². The van der Waals surface area contributed by atoms with Gasteiger partial charge in [0.2, 0.25) is 0 Å². The number of ether oxygens (including phenoxy) is 1. The Labute approximate surface area is 198 Å². The van der Waals surface area contributed by atoms with Crippen LogP contribution in [0.2, 0.25) is 0 Å². The van der Waals surface area contributed by atoms with E-state index in [2.05, 4.69) is 21.4 Å². The number of rotatable bonds is 8. The lowest BCUT2D eigenvalue weighted by Gasteiger charge is -2.31. The zero-order valence-electron chi connectivity index (χ0n) is 18.3. The number of hydrogen-bond acceptors (Lipinski definition) is 9. The number of hydrogen-bond donors (Lipinski definition) is 2. The third-order valence-electron chi connectivity index (χ3n) is 5.59. The fourth-order valence-corrected chi connectivity index (χ4v) is 4.44. The third kappa shape index (κ3) is 4.56. The van der Waals surface area contributed by atoms with E-state index in [-0.39, 0.29) is 12.1 Å². The van der Waals surface area contributed by atoms with Crippen molar-refractivity contribution in [2.45, 2.75) is 26.2 Å². The van der Waals surface area contributed by atoms with E-state index >= 15 is 0 Å². The van der Waals surface area contributed by atoms with Crippen molar-refractivity contribution in [1.82, 2.24) is 9.97 Å². The van der Waals surface area contributed by atoms with Gasteiger partial charge >= 0.3 is 0 Å². The van der Waals surface area contributed by atoms with Gasteiger partial charge in [-0.2, -0.15) is 5.26 Å². The van der Waals surface area contributed by atoms with Crippen LogP contribution in [0, 0.1) is 17.2 Å². The minimum absolute atomic E-state index is 0.342. The fraction of sp³-hybridized carbons (Fsp3) is 0.250. The van der Waals surface area contributed by atoms with Crippen molar-refractivity contribution in [2.75, 3.05) is 21.6 Å². The van der Waals surface area contributed by atoms with Crippen LogP contribution in [-0.4, -0.2) is 29.5 Å². The number of thiol groups is 1. The molecule has 3 aromatic rings. The predicted molar refractivity (Wildman–Crippen MR) is 130 cm³/mol. The summed E-state index contributed by atoms with van der Waals surface area (Å²) in [5.41, 5.74) is 3.30. The number of aromatic nitrogens is 2. The van der Waals surface area contributed by atoms with Gasteiger partial charge in [-0.1, -0.05) is 44.0 Å². The molecule has 4 rings (SSSR count). The maximum absolute atomic E-state index is 11.7. The van der Waals surface area contributed by atoms with Crippen LogP contribution in [0.1, 0.15) is 23.6 Å². The van der Waals surface area contributed by atoms with E-state index < -0.39 is 0 Å². The van der Waals surface area contributed by atoms with Crippen molar-refractivity contribution in [2.24, 2.45) is 5.92 Å². The Kier molecular flexibility index (Phi) is 6.66. The number of methoxy groups -OCH3 is 1. The van der Waals surface area contributed by atoms with E-state index in [9.17, 15) is 10.1 Å². The van der Waals surface area contributed by atoms with E-state index in [1.165, 1.54) is 6.33 Å². The van der Waals surface area contributed by atoms with Crippen LogP contribution in [0.25, 0.3) is 0 Å². The van der Waals surface area contributed by atoms with Crippen LogP contribution in [0.15, 0.2) is 54.9 Å². The standard InChI is InChI=1S/C24H24N6O2S/c1-16(14-31)24-29(13-19-5-3-4-18(10-19)11-25)23-21(30(24)33)22(27-15-28-23)26-12-17-6-8-20(32-2)9-7-17/h3-10,14-16,24,33H,12-13H2,1-2H3,(H,26,27,28). The lowest BCUT2D eigenvalue weighted by molar-refractivity contribution is -0.111. The maximum Gasteiger partial charge on any atom is 0.160 e. The molecule has 1 aliphatic rings. The van der Waals surface area contributed by atoms with Crippen LogP contribution < -0.4 is 19.3 Å². The highest BCUT2D eigenvalue weighted by Crippen LogP contribution is 2.45. The number of nitriles is 1. The van der Waals surface area contributed by atoms with Crippen molar-refractivity contribution in [3.05, 3.63) is 71.5 Å². The van der Waals surface area contributed by atoms with Crippen LogP contribution >= 0.6 is 12.8 Å². The van der Waals surface area contributed by atoms with Gasteiger partial charge in [-0.25, -0.2) is 9.97 Å². The smallest absolute Gasteiger partial charge is 0.160 e. The lowest BCUT2D eigenvalue weighted by Crippen LogP contribution is -2.44. The van der Waals surface area contributed by atoms with Gasteiger partial charge in [-0.3, -0.25) is 4.31 Å². The lowest BCUT2D eigenvalue weighted by atomic mass is 10.1. The molecule has 2 heterocycles. The van der Waals surface area contributed by atoms with Crippen LogP contribution in [-0.2, 0) is 17.9 Å². The quantitative estimate of drug-likeness (QED) is 0.387. The monoisotopic (exact) mass is 460 g/mol. The number of nitrogens with one attached hydrogen (secondary N) is 1. The SMILES string of the molecule is COc1ccc(CNc2ncnc3c2N(S)C(C(C)C=O)N3Cc2cccc(C#N)c2)cc1. The number of anilines is 3. The van der Waals surface area contributed by atoms with Gasteiger partial charge in [-0.05, 0) is 35.4 Å². The average Bonchev–Trinajstić information content (AvgIpc) is 3.14. The zero-order valence-corrected chi connectivity index (χ0v) is 19.2. The highest BCUT2D eigenvalue weighted by atomic mass is 32.1. The Morgan fingerprint density at radius 3 is 2.73 bits per heavy atom. The third-order valence-corrected chi connectivity index (χ3v) is 6.02. The molecule has 8 nitrogen and oxygen atoms in total. The molecule has 0 radical (unpaired) electrons. The molecule has 0 amide bonds. The van der Waals surface area contributed by atoms with Gasteiger partial charge in [0.05, 0.1) is 24.7 Å². The Bertz CT molecular complexity index is 1180. The molecule has 1 aliphatic heterocycles. The van der Waals surface area contributed by atoms with Crippen LogP contribution in [0.4, 0.5) is 17.3 Å². The number of nitrogens with zero attached hydrogens (tertiary/aromatic N) is 5.